The van der Waals surface area contributed by atoms with Gasteiger partial charge in [0.2, 0.25) is 11.6 Å². The molecule has 1 heterocycles. The smallest absolute Gasteiger partial charge is 0.264 e. The molecule has 12 heteroatoms. The van der Waals surface area contributed by atoms with Crippen LogP contribution in [0.1, 0.15) is 27.7 Å². The number of hydrogen-bond donors (Lipinski definition) is 0. The van der Waals surface area contributed by atoms with Gasteiger partial charge in [-0.25, -0.2) is 0 Å². The van der Waals surface area contributed by atoms with Crippen molar-refractivity contribution in [2.45, 2.75) is 51.5 Å². The summed E-state index contributed by atoms with van der Waals surface area (Å²) >= 11 is 0. The Morgan fingerprint density at radius 3 is 1.31 bits per heavy atom. The Balaban J connectivity index is 3.12. The van der Waals surface area contributed by atoms with Crippen molar-refractivity contribution in [2.75, 3.05) is 38.9 Å². The summed E-state index contributed by atoms with van der Waals surface area (Å²) in [6.07, 6.45) is -0.164. The minimum absolute atomic E-state index is 0.271. The van der Waals surface area contributed by atoms with Gasteiger partial charge >= 0.3 is 0 Å². The second kappa shape index (κ2) is 8.78. The molecule has 10 nitrogen and oxygen atoms in total. The molecular formula is C14H28O10S2. The molecule has 156 valence electrons. The zero-order valence-corrected chi connectivity index (χ0v) is 17.5. The Morgan fingerprint density at radius 2 is 1.08 bits per heavy atom. The first-order valence-corrected chi connectivity index (χ1v) is 11.7. The highest BCUT2D eigenvalue weighted by molar-refractivity contribution is 7.86. The van der Waals surface area contributed by atoms with Crippen LogP contribution >= 0.6 is 0 Å². The van der Waals surface area contributed by atoms with Crippen LogP contribution in [0.5, 0.6) is 0 Å². The molecule has 0 unspecified atom stereocenters. The molecule has 0 aliphatic carbocycles. The summed E-state index contributed by atoms with van der Waals surface area (Å²) in [6, 6.07) is 0. The maximum absolute atomic E-state index is 11.3. The first-order chi connectivity index (χ1) is 11.8. The third-order valence-electron chi connectivity index (χ3n) is 3.72. The molecule has 0 bridgehead atoms. The fraction of sp³-hybridized carbons (Fsp3) is 1.00. The van der Waals surface area contributed by atoms with E-state index in [-0.39, 0.29) is 13.2 Å². The summed E-state index contributed by atoms with van der Waals surface area (Å²) < 4.78 is 78.0. The van der Waals surface area contributed by atoms with Gasteiger partial charge in [0.05, 0.1) is 25.7 Å². The zero-order valence-electron chi connectivity index (χ0n) is 15.9. The average Bonchev–Trinajstić information content (AvgIpc) is 2.46. The molecule has 0 aromatic carbocycles. The van der Waals surface area contributed by atoms with E-state index in [1.807, 2.05) is 0 Å². The van der Waals surface area contributed by atoms with Gasteiger partial charge in [-0.2, -0.15) is 16.8 Å². The summed E-state index contributed by atoms with van der Waals surface area (Å²) in [6.45, 7) is 6.42. The number of hydrogen-bond acceptors (Lipinski definition) is 10. The van der Waals surface area contributed by atoms with E-state index in [1.54, 1.807) is 27.7 Å². The first-order valence-electron chi connectivity index (χ1n) is 8.07. The fourth-order valence-corrected chi connectivity index (χ4v) is 3.25. The van der Waals surface area contributed by atoms with Crippen LogP contribution in [0.2, 0.25) is 0 Å². The van der Waals surface area contributed by atoms with Crippen molar-refractivity contribution >= 4 is 20.2 Å². The zero-order chi connectivity index (χ0) is 20.2. The molecule has 1 aliphatic rings. The highest BCUT2D eigenvalue weighted by Crippen LogP contribution is 2.40. The largest absolute Gasteiger partial charge is 0.346 e. The van der Waals surface area contributed by atoms with Crippen molar-refractivity contribution < 1.29 is 44.1 Å². The van der Waals surface area contributed by atoms with Gasteiger partial charge in [0, 0.05) is 13.2 Å². The predicted molar refractivity (Wildman–Crippen MR) is 91.4 cm³/mol. The van der Waals surface area contributed by atoms with Crippen LogP contribution in [0.15, 0.2) is 0 Å². The molecule has 4 atom stereocenters. The minimum Gasteiger partial charge on any atom is -0.346 e. The second-order valence-corrected chi connectivity index (χ2v) is 9.34. The number of ether oxygens (including phenoxy) is 4. The van der Waals surface area contributed by atoms with E-state index in [2.05, 4.69) is 0 Å². The molecule has 0 aromatic rings. The lowest BCUT2D eigenvalue weighted by molar-refractivity contribution is -0.457. The molecule has 0 N–H and O–H groups in total. The Labute approximate surface area is 155 Å². The molecule has 1 fully saturated rings. The highest BCUT2D eigenvalue weighted by atomic mass is 32.2. The van der Waals surface area contributed by atoms with Crippen LogP contribution in [0, 0.1) is 0 Å². The molecule has 0 amide bonds. The van der Waals surface area contributed by atoms with Gasteiger partial charge in [-0.3, -0.25) is 8.37 Å². The van der Waals surface area contributed by atoms with E-state index in [4.69, 9.17) is 27.3 Å². The molecule has 0 radical (unpaired) electrons. The Bertz CT molecular complexity index is 603. The standard InChI is InChI=1S/C14H28O10S2/c1-7-19-13(3)14(4,20-8-2)24-12(10-22-26(6,17)18)11(23-13)9-21-25(5,15)16/h11-12H,7-10H2,1-6H3/t11-,12-,13+,14+/m1/s1. The van der Waals surface area contributed by atoms with Crippen LogP contribution in [0.4, 0.5) is 0 Å². The Kier molecular flexibility index (Phi) is 8.00. The molecule has 1 aliphatic heterocycles. The summed E-state index contributed by atoms with van der Waals surface area (Å²) in [7, 11) is -7.49. The molecule has 0 spiro atoms. The lowest BCUT2D eigenvalue weighted by Crippen LogP contribution is -2.67. The Morgan fingerprint density at radius 1 is 0.769 bits per heavy atom. The van der Waals surface area contributed by atoms with E-state index in [0.717, 1.165) is 12.5 Å². The first kappa shape index (κ1) is 23.7. The molecule has 26 heavy (non-hydrogen) atoms. The summed E-state index contributed by atoms with van der Waals surface area (Å²) in [5.74, 6) is -2.77. The van der Waals surface area contributed by atoms with Gasteiger partial charge in [-0.1, -0.05) is 0 Å². The van der Waals surface area contributed by atoms with Crippen LogP contribution in [-0.2, 0) is 47.5 Å². The van der Waals surface area contributed by atoms with E-state index in [9.17, 15) is 16.8 Å². The lowest BCUT2D eigenvalue weighted by atomic mass is 10.0. The van der Waals surface area contributed by atoms with Gasteiger partial charge in [0.1, 0.15) is 12.2 Å². The number of rotatable bonds is 10. The summed E-state index contributed by atoms with van der Waals surface area (Å²) in [4.78, 5) is 0. The average molecular weight is 421 g/mol. The van der Waals surface area contributed by atoms with Gasteiger partial charge in [0.15, 0.2) is 0 Å². The van der Waals surface area contributed by atoms with Gasteiger partial charge < -0.3 is 18.9 Å². The van der Waals surface area contributed by atoms with Crippen molar-refractivity contribution in [3.05, 3.63) is 0 Å². The normalized spacial score (nSPS) is 33.3. The van der Waals surface area contributed by atoms with Gasteiger partial charge in [0.25, 0.3) is 20.2 Å². The van der Waals surface area contributed by atoms with E-state index in [1.165, 1.54) is 0 Å². The maximum Gasteiger partial charge on any atom is 0.264 e. The topological polar surface area (TPSA) is 124 Å². The van der Waals surface area contributed by atoms with Crippen LogP contribution in [-0.4, -0.2) is 79.6 Å². The highest BCUT2D eigenvalue weighted by Gasteiger charge is 2.57. The SMILES string of the molecule is CCO[C@@]1(C)O[C@H](COS(C)(=O)=O)[C@@H](COS(C)(=O)=O)O[C@]1(C)OCC. The Hall–Kier alpha value is -0.340. The molecule has 0 aromatic heterocycles. The van der Waals surface area contributed by atoms with Crippen LogP contribution in [0.25, 0.3) is 0 Å². The summed E-state index contributed by atoms with van der Waals surface area (Å²) in [5.41, 5.74) is 0. The summed E-state index contributed by atoms with van der Waals surface area (Å²) in [5, 5.41) is 0. The van der Waals surface area contributed by atoms with E-state index in [0.29, 0.717) is 0 Å². The molecule has 1 saturated heterocycles. The van der Waals surface area contributed by atoms with Crippen molar-refractivity contribution in [2.24, 2.45) is 0 Å². The van der Waals surface area contributed by atoms with Crippen molar-refractivity contribution in [1.82, 2.24) is 0 Å². The molecular weight excluding hydrogens is 392 g/mol. The quantitative estimate of drug-likeness (QED) is 0.454. The van der Waals surface area contributed by atoms with Crippen molar-refractivity contribution in [3.63, 3.8) is 0 Å². The molecule has 1 rings (SSSR count). The third kappa shape index (κ3) is 6.68. The third-order valence-corrected chi connectivity index (χ3v) is 4.85. The lowest BCUT2D eigenvalue weighted by Gasteiger charge is -2.52. The van der Waals surface area contributed by atoms with E-state index >= 15 is 0 Å². The predicted octanol–water partition coefficient (Wildman–Crippen LogP) is 0.228. The monoisotopic (exact) mass is 420 g/mol. The van der Waals surface area contributed by atoms with Gasteiger partial charge in [-0.05, 0) is 27.7 Å². The van der Waals surface area contributed by atoms with Crippen molar-refractivity contribution in [1.29, 1.82) is 0 Å². The van der Waals surface area contributed by atoms with E-state index < -0.39 is 57.2 Å². The minimum atomic E-state index is -3.75. The molecule has 0 saturated carbocycles. The van der Waals surface area contributed by atoms with Crippen LogP contribution in [0.3, 0.4) is 0 Å². The maximum atomic E-state index is 11.3. The fourth-order valence-electron chi connectivity index (χ4n) is 2.49. The van der Waals surface area contributed by atoms with Gasteiger partial charge in [-0.15, -0.1) is 0 Å². The van der Waals surface area contributed by atoms with Crippen LogP contribution < -0.4 is 0 Å². The second-order valence-electron chi connectivity index (χ2n) is 6.05. The van der Waals surface area contributed by atoms with Crippen molar-refractivity contribution in [3.8, 4) is 0 Å².